The summed E-state index contributed by atoms with van der Waals surface area (Å²) in [6, 6.07) is 5.48. The molecule has 21 heavy (non-hydrogen) atoms. The molecular weight excluding hydrogens is 279 g/mol. The van der Waals surface area contributed by atoms with Gasteiger partial charge in [-0.25, -0.2) is 0 Å². The number of ether oxygens (including phenoxy) is 1. The van der Waals surface area contributed by atoms with Gasteiger partial charge in [-0.3, -0.25) is 4.90 Å². The molecule has 0 bridgehead atoms. The fourth-order valence-electron chi connectivity index (χ4n) is 2.55. The summed E-state index contributed by atoms with van der Waals surface area (Å²) < 4.78 is 44.7. The van der Waals surface area contributed by atoms with Crippen LogP contribution in [0.4, 0.5) is 13.2 Å². The predicted octanol–water partition coefficient (Wildman–Crippen LogP) is 4.13. The Labute approximate surface area is 123 Å². The lowest BCUT2D eigenvalue weighted by Crippen LogP contribution is -2.46. The zero-order chi connectivity index (χ0) is 15.3. The number of alkyl halides is 3. The maximum atomic E-state index is 13.2. The fraction of sp³-hybridized carbons (Fsp3) is 0.500. The van der Waals surface area contributed by atoms with Crippen molar-refractivity contribution in [3.63, 3.8) is 0 Å². The van der Waals surface area contributed by atoms with E-state index in [-0.39, 0.29) is 0 Å². The van der Waals surface area contributed by atoms with Crippen molar-refractivity contribution in [3.05, 3.63) is 35.9 Å². The molecule has 0 aromatic heterocycles. The molecule has 0 spiro atoms. The number of benzene rings is 1. The molecule has 1 aromatic carbocycles. The summed E-state index contributed by atoms with van der Waals surface area (Å²) in [7, 11) is 1.56. The van der Waals surface area contributed by atoms with Crippen molar-refractivity contribution in [2.24, 2.45) is 0 Å². The summed E-state index contributed by atoms with van der Waals surface area (Å²) in [5, 5.41) is 0. The van der Waals surface area contributed by atoms with Crippen LogP contribution in [0.15, 0.2) is 30.3 Å². The van der Waals surface area contributed by atoms with Crippen molar-refractivity contribution in [2.75, 3.05) is 20.2 Å². The van der Waals surface area contributed by atoms with E-state index in [1.165, 1.54) is 17.1 Å². The molecule has 0 saturated carbocycles. The molecule has 2 nitrogen and oxygen atoms in total. The van der Waals surface area contributed by atoms with Crippen LogP contribution in [0.25, 0.3) is 6.08 Å². The minimum absolute atomic E-state index is 0.511. The maximum Gasteiger partial charge on any atom is 0.407 e. The van der Waals surface area contributed by atoms with E-state index in [4.69, 9.17) is 4.74 Å². The van der Waals surface area contributed by atoms with Crippen LogP contribution in [0.3, 0.4) is 0 Å². The first kappa shape index (κ1) is 15.9. The summed E-state index contributed by atoms with van der Waals surface area (Å²) in [6.45, 7) is 1.02. The average molecular weight is 299 g/mol. The first-order valence-corrected chi connectivity index (χ1v) is 7.14. The van der Waals surface area contributed by atoms with Crippen molar-refractivity contribution in [3.8, 4) is 5.75 Å². The first-order valence-electron chi connectivity index (χ1n) is 7.14. The molecule has 1 aliphatic rings. The van der Waals surface area contributed by atoms with Gasteiger partial charge in [0.1, 0.15) is 11.8 Å². The van der Waals surface area contributed by atoms with Crippen molar-refractivity contribution < 1.29 is 17.9 Å². The Morgan fingerprint density at radius 3 is 2.24 bits per heavy atom. The van der Waals surface area contributed by atoms with Gasteiger partial charge in [-0.1, -0.05) is 30.7 Å². The van der Waals surface area contributed by atoms with Crippen molar-refractivity contribution in [1.82, 2.24) is 4.90 Å². The molecular formula is C16H20F3NO. The van der Waals surface area contributed by atoms with E-state index < -0.39 is 12.2 Å². The largest absolute Gasteiger partial charge is 0.497 e. The van der Waals surface area contributed by atoms with E-state index in [9.17, 15) is 13.2 Å². The second-order valence-electron chi connectivity index (χ2n) is 5.22. The van der Waals surface area contributed by atoms with Crippen LogP contribution < -0.4 is 4.74 Å². The van der Waals surface area contributed by atoms with E-state index in [1.54, 1.807) is 31.4 Å². The average Bonchev–Trinajstić information content (AvgIpc) is 2.48. The van der Waals surface area contributed by atoms with E-state index in [2.05, 4.69) is 0 Å². The van der Waals surface area contributed by atoms with Gasteiger partial charge in [0.15, 0.2) is 0 Å². The molecule has 2 rings (SSSR count). The second-order valence-corrected chi connectivity index (χ2v) is 5.22. The van der Waals surface area contributed by atoms with Crippen LogP contribution in [0.5, 0.6) is 5.75 Å². The normalized spacial score (nSPS) is 18.9. The number of piperidine rings is 1. The highest BCUT2D eigenvalue weighted by molar-refractivity contribution is 5.51. The lowest BCUT2D eigenvalue weighted by atomic mass is 10.1. The van der Waals surface area contributed by atoms with E-state index in [0.29, 0.717) is 18.8 Å². The molecule has 1 saturated heterocycles. The molecule has 5 heteroatoms. The number of nitrogens with zero attached hydrogens (tertiary/aromatic N) is 1. The van der Waals surface area contributed by atoms with Gasteiger partial charge in [0.2, 0.25) is 0 Å². The number of halogens is 3. The number of hydrogen-bond acceptors (Lipinski definition) is 2. The van der Waals surface area contributed by atoms with Gasteiger partial charge in [-0.15, -0.1) is 0 Å². The van der Waals surface area contributed by atoms with Crippen LogP contribution in [-0.2, 0) is 0 Å². The Morgan fingerprint density at radius 2 is 1.71 bits per heavy atom. The van der Waals surface area contributed by atoms with Gasteiger partial charge >= 0.3 is 6.18 Å². The van der Waals surface area contributed by atoms with Crippen LogP contribution in [0.2, 0.25) is 0 Å². The monoisotopic (exact) mass is 299 g/mol. The predicted molar refractivity (Wildman–Crippen MR) is 77.3 cm³/mol. The quantitative estimate of drug-likeness (QED) is 0.829. The summed E-state index contributed by atoms with van der Waals surface area (Å²) in [5.74, 6) is 0.690. The van der Waals surface area contributed by atoms with E-state index in [0.717, 1.165) is 24.8 Å². The third kappa shape index (κ3) is 4.49. The Morgan fingerprint density at radius 1 is 1.10 bits per heavy atom. The smallest absolute Gasteiger partial charge is 0.407 e. The Balaban J connectivity index is 2.11. The van der Waals surface area contributed by atoms with Gasteiger partial charge in [0.25, 0.3) is 0 Å². The zero-order valence-electron chi connectivity index (χ0n) is 12.1. The summed E-state index contributed by atoms with van der Waals surface area (Å²) >= 11 is 0. The van der Waals surface area contributed by atoms with Gasteiger partial charge in [0, 0.05) is 0 Å². The number of methoxy groups -OCH3 is 1. The van der Waals surface area contributed by atoms with Gasteiger partial charge in [-0.05, 0) is 43.6 Å². The summed E-state index contributed by atoms with van der Waals surface area (Å²) in [6.07, 6.45) is 1.24. The van der Waals surface area contributed by atoms with E-state index in [1.807, 2.05) is 0 Å². The van der Waals surface area contributed by atoms with Crippen LogP contribution in [0, 0.1) is 0 Å². The number of rotatable bonds is 4. The van der Waals surface area contributed by atoms with Crippen molar-refractivity contribution in [1.29, 1.82) is 0 Å². The summed E-state index contributed by atoms with van der Waals surface area (Å²) in [5.41, 5.74) is 0.738. The molecule has 1 aromatic rings. The standard InChI is InChI=1S/C16H20F3NO/c1-21-14-8-5-13(6-9-14)7-10-15(16(17,18)19)20-11-3-2-4-12-20/h5-10,15H,2-4,11-12H2,1H3/b10-7+. The van der Waals surface area contributed by atoms with Crippen molar-refractivity contribution in [2.45, 2.75) is 31.5 Å². The molecule has 0 aliphatic carbocycles. The highest BCUT2D eigenvalue weighted by Crippen LogP contribution is 2.28. The van der Waals surface area contributed by atoms with Crippen LogP contribution in [-0.4, -0.2) is 37.3 Å². The molecule has 116 valence electrons. The van der Waals surface area contributed by atoms with E-state index >= 15 is 0 Å². The topological polar surface area (TPSA) is 12.5 Å². The minimum Gasteiger partial charge on any atom is -0.497 e. The number of likely N-dealkylation sites (tertiary alicyclic amines) is 1. The highest BCUT2D eigenvalue weighted by Gasteiger charge is 2.41. The Hall–Kier alpha value is -1.49. The minimum atomic E-state index is -4.24. The molecule has 1 atom stereocenters. The second kappa shape index (κ2) is 6.98. The molecule has 0 radical (unpaired) electrons. The van der Waals surface area contributed by atoms with Crippen LogP contribution in [0.1, 0.15) is 24.8 Å². The molecule has 1 fully saturated rings. The van der Waals surface area contributed by atoms with Gasteiger partial charge < -0.3 is 4.74 Å². The van der Waals surface area contributed by atoms with Gasteiger partial charge in [-0.2, -0.15) is 13.2 Å². The zero-order valence-corrected chi connectivity index (χ0v) is 12.1. The van der Waals surface area contributed by atoms with Crippen molar-refractivity contribution >= 4 is 6.08 Å². The molecule has 0 N–H and O–H groups in total. The summed E-state index contributed by atoms with van der Waals surface area (Å²) in [4.78, 5) is 1.52. The molecule has 1 aliphatic heterocycles. The van der Waals surface area contributed by atoms with Gasteiger partial charge in [0.05, 0.1) is 7.11 Å². The SMILES string of the molecule is COc1ccc(/C=C/C(N2CCCCC2)C(F)(F)F)cc1. The fourth-order valence-corrected chi connectivity index (χ4v) is 2.55. The molecule has 0 amide bonds. The lowest BCUT2D eigenvalue weighted by molar-refractivity contribution is -0.171. The third-order valence-corrected chi connectivity index (χ3v) is 3.71. The Kier molecular flexibility index (Phi) is 5.28. The Bertz CT molecular complexity index is 461. The molecule has 1 heterocycles. The maximum absolute atomic E-state index is 13.2. The molecule has 1 unspecified atom stereocenters. The third-order valence-electron chi connectivity index (χ3n) is 3.71. The lowest BCUT2D eigenvalue weighted by Gasteiger charge is -2.33. The van der Waals surface area contributed by atoms with Crippen LogP contribution >= 0.6 is 0 Å². The first-order chi connectivity index (χ1) is 10.0. The highest BCUT2D eigenvalue weighted by atomic mass is 19.4. The number of hydrogen-bond donors (Lipinski definition) is 0.